The fraction of sp³-hybridized carbons (Fsp3) is 0.308. The van der Waals surface area contributed by atoms with Crippen molar-refractivity contribution in [1.82, 2.24) is 14.6 Å². The van der Waals surface area contributed by atoms with E-state index in [-0.39, 0.29) is 42.2 Å². The molecular weight excluding hydrogens is 639 g/mol. The molecule has 6 rings (SSSR count). The molecule has 6 unspecified atom stereocenters. The fourth-order valence-electron chi connectivity index (χ4n) is 6.29. The average Bonchev–Trinajstić information content (AvgIpc) is 3.14. The molecule has 5 aromatic rings. The number of nitrogens with zero attached hydrogens (tertiary/aromatic N) is 2. The minimum Gasteiger partial charge on any atom is -0.392 e. The second-order valence-corrected chi connectivity index (χ2v) is 14.5. The number of fused-ring (bicyclic) bond motifs is 1. The molecule has 1 fully saturated rings. The number of hydrogen-bond donors (Lipinski definition) is 3. The SMILES string of the molecule is CC1C(CN(C)C(C)C(O)c2ccccc2)OC(c2ccc(CNS(=O)(=O)c3cccc4cccnc34)cc2)OC1c1ccc(CO)cc1. The summed E-state index contributed by atoms with van der Waals surface area (Å²) < 4.78 is 42.5. The lowest BCUT2D eigenvalue weighted by atomic mass is 9.89. The van der Waals surface area contributed by atoms with Crippen molar-refractivity contribution in [2.24, 2.45) is 5.92 Å². The number of pyridine rings is 1. The summed E-state index contributed by atoms with van der Waals surface area (Å²) in [6, 6.07) is 33.5. The van der Waals surface area contributed by atoms with E-state index in [4.69, 9.17) is 9.47 Å². The van der Waals surface area contributed by atoms with E-state index in [2.05, 4.69) is 21.5 Å². The maximum absolute atomic E-state index is 13.2. The van der Waals surface area contributed by atoms with Crippen molar-refractivity contribution in [1.29, 1.82) is 0 Å². The highest BCUT2D eigenvalue weighted by molar-refractivity contribution is 7.89. The Bertz CT molecular complexity index is 1930. The van der Waals surface area contributed by atoms with Crippen molar-refractivity contribution in [3.8, 4) is 0 Å². The maximum Gasteiger partial charge on any atom is 0.243 e. The molecule has 1 aliphatic rings. The van der Waals surface area contributed by atoms with E-state index in [9.17, 15) is 18.6 Å². The summed E-state index contributed by atoms with van der Waals surface area (Å²) in [6.45, 7) is 4.74. The number of aromatic nitrogens is 1. The first-order valence-electron chi connectivity index (χ1n) is 16.5. The number of hydrogen-bond acceptors (Lipinski definition) is 8. The van der Waals surface area contributed by atoms with Crippen LogP contribution in [-0.2, 0) is 32.6 Å². The van der Waals surface area contributed by atoms with Crippen molar-refractivity contribution in [3.63, 3.8) is 0 Å². The third-order valence-corrected chi connectivity index (χ3v) is 10.9. The quantitative estimate of drug-likeness (QED) is 0.146. The van der Waals surface area contributed by atoms with Gasteiger partial charge in [-0.15, -0.1) is 0 Å². The highest BCUT2D eigenvalue weighted by atomic mass is 32.2. The number of benzene rings is 4. The molecule has 9 nitrogen and oxygen atoms in total. The van der Waals surface area contributed by atoms with Crippen LogP contribution in [0, 0.1) is 5.92 Å². The smallest absolute Gasteiger partial charge is 0.243 e. The van der Waals surface area contributed by atoms with Crippen LogP contribution >= 0.6 is 0 Å². The van der Waals surface area contributed by atoms with Gasteiger partial charge in [0.25, 0.3) is 0 Å². The average molecular weight is 682 g/mol. The molecule has 256 valence electrons. The number of nitrogens with one attached hydrogen (secondary N) is 1. The Morgan fingerprint density at radius 3 is 2.24 bits per heavy atom. The largest absolute Gasteiger partial charge is 0.392 e. The third-order valence-electron chi connectivity index (χ3n) is 9.49. The molecule has 6 atom stereocenters. The first-order chi connectivity index (χ1) is 23.6. The molecule has 0 bridgehead atoms. The Kier molecular flexibility index (Phi) is 10.9. The summed E-state index contributed by atoms with van der Waals surface area (Å²) in [5, 5.41) is 21.5. The minimum absolute atomic E-state index is 0.0306. The maximum atomic E-state index is 13.2. The van der Waals surface area contributed by atoms with Gasteiger partial charge in [-0.3, -0.25) is 9.88 Å². The number of ether oxygens (including phenoxy) is 2. The monoisotopic (exact) mass is 681 g/mol. The van der Waals surface area contributed by atoms with Crippen LogP contribution < -0.4 is 4.72 Å². The predicted octanol–water partition coefficient (Wildman–Crippen LogP) is 6.05. The Hall–Kier alpha value is -4.00. The fourth-order valence-corrected chi connectivity index (χ4v) is 7.48. The van der Waals surface area contributed by atoms with Crippen LogP contribution in [0.2, 0.25) is 0 Å². The molecule has 0 amide bonds. The van der Waals surface area contributed by atoms with E-state index in [0.29, 0.717) is 12.1 Å². The standard InChI is InChI=1S/C39H43N3O6S/c1-26-34(24-42(3)27(2)37(44)31-9-5-4-6-10-31)47-39(48-38(26)32-18-16-29(25-43)17-19-32)33-20-14-28(15-21-33)23-41-49(45,46)35-13-7-11-30-12-8-22-40-36(30)35/h4-22,26-27,34,37-39,41,43-44H,23-25H2,1-3H3. The molecule has 0 spiro atoms. The van der Waals surface area contributed by atoms with Crippen LogP contribution in [0.3, 0.4) is 0 Å². The van der Waals surface area contributed by atoms with Crippen LogP contribution in [0.15, 0.2) is 120 Å². The number of likely N-dealkylation sites (N-methyl/N-ethyl adjacent to an activating group) is 1. The first kappa shape index (κ1) is 34.8. The number of sulfonamides is 1. The summed E-state index contributed by atoms with van der Waals surface area (Å²) in [7, 11) is -1.82. The first-order valence-corrected chi connectivity index (χ1v) is 18.0. The van der Waals surface area contributed by atoms with Crippen LogP contribution in [0.4, 0.5) is 0 Å². The van der Waals surface area contributed by atoms with E-state index >= 15 is 0 Å². The summed E-state index contributed by atoms with van der Waals surface area (Å²) in [4.78, 5) is 6.55. The molecule has 0 aliphatic carbocycles. The molecule has 2 heterocycles. The van der Waals surface area contributed by atoms with Gasteiger partial charge in [0.1, 0.15) is 4.90 Å². The summed E-state index contributed by atoms with van der Waals surface area (Å²) in [6.07, 6.45) is -0.292. The molecule has 1 saturated heterocycles. The number of rotatable bonds is 12. The van der Waals surface area contributed by atoms with Gasteiger partial charge in [0.15, 0.2) is 6.29 Å². The third kappa shape index (κ3) is 7.92. The van der Waals surface area contributed by atoms with Gasteiger partial charge in [-0.05, 0) is 48.4 Å². The normalized spacial score (nSPS) is 21.1. The number of aliphatic hydroxyl groups excluding tert-OH is 2. The van der Waals surface area contributed by atoms with Crippen LogP contribution in [0.5, 0.6) is 0 Å². The molecule has 0 radical (unpaired) electrons. The van der Waals surface area contributed by atoms with Crippen LogP contribution in [-0.4, -0.2) is 54.3 Å². The molecule has 49 heavy (non-hydrogen) atoms. The van der Waals surface area contributed by atoms with E-state index in [1.807, 2.05) is 105 Å². The van der Waals surface area contributed by atoms with Gasteiger partial charge in [-0.1, -0.05) is 104 Å². The van der Waals surface area contributed by atoms with Crippen molar-refractivity contribution < 1.29 is 28.1 Å². The number of para-hydroxylation sites is 1. The van der Waals surface area contributed by atoms with Gasteiger partial charge in [0.2, 0.25) is 10.0 Å². The minimum atomic E-state index is -3.81. The second-order valence-electron chi connectivity index (χ2n) is 12.8. The lowest BCUT2D eigenvalue weighted by molar-refractivity contribution is -0.276. The molecule has 0 saturated carbocycles. The Morgan fingerprint density at radius 1 is 0.857 bits per heavy atom. The van der Waals surface area contributed by atoms with Gasteiger partial charge >= 0.3 is 0 Å². The van der Waals surface area contributed by atoms with Gasteiger partial charge in [0, 0.05) is 42.2 Å². The Balaban J connectivity index is 1.19. The lowest BCUT2D eigenvalue weighted by Crippen LogP contribution is -2.46. The zero-order valence-corrected chi connectivity index (χ0v) is 28.7. The van der Waals surface area contributed by atoms with Crippen LogP contribution in [0.25, 0.3) is 10.9 Å². The van der Waals surface area contributed by atoms with E-state index < -0.39 is 22.4 Å². The van der Waals surface area contributed by atoms with E-state index in [0.717, 1.165) is 33.2 Å². The zero-order chi connectivity index (χ0) is 34.5. The van der Waals surface area contributed by atoms with Crippen LogP contribution in [0.1, 0.15) is 60.2 Å². The van der Waals surface area contributed by atoms with Gasteiger partial charge in [0.05, 0.1) is 30.4 Å². The van der Waals surface area contributed by atoms with E-state index in [1.165, 1.54) is 0 Å². The zero-order valence-electron chi connectivity index (χ0n) is 27.9. The van der Waals surface area contributed by atoms with Gasteiger partial charge < -0.3 is 19.7 Å². The Labute approximate surface area is 288 Å². The number of aliphatic hydroxyl groups is 2. The predicted molar refractivity (Wildman–Crippen MR) is 189 cm³/mol. The molecule has 1 aliphatic heterocycles. The second kappa shape index (κ2) is 15.3. The highest BCUT2D eigenvalue weighted by Gasteiger charge is 2.39. The molecule has 3 N–H and O–H groups in total. The van der Waals surface area contributed by atoms with Gasteiger partial charge in [-0.2, -0.15) is 0 Å². The Morgan fingerprint density at radius 2 is 1.53 bits per heavy atom. The summed E-state index contributed by atoms with van der Waals surface area (Å²) in [5.74, 6) is -0.0306. The van der Waals surface area contributed by atoms with Crippen molar-refractivity contribution in [2.75, 3.05) is 13.6 Å². The summed E-state index contributed by atoms with van der Waals surface area (Å²) >= 11 is 0. The van der Waals surface area contributed by atoms with Crippen molar-refractivity contribution in [2.45, 2.75) is 62.5 Å². The molecule has 10 heteroatoms. The highest BCUT2D eigenvalue weighted by Crippen LogP contribution is 2.42. The van der Waals surface area contributed by atoms with E-state index in [1.54, 1.807) is 24.4 Å². The summed E-state index contributed by atoms with van der Waals surface area (Å²) in [5.41, 5.74) is 4.68. The molecule has 4 aromatic carbocycles. The molecule has 1 aromatic heterocycles. The molecular formula is C39H43N3O6S. The lowest BCUT2D eigenvalue weighted by Gasteiger charge is -2.43. The topological polar surface area (TPSA) is 121 Å². The van der Waals surface area contributed by atoms with Crippen molar-refractivity contribution in [3.05, 3.63) is 143 Å². The van der Waals surface area contributed by atoms with Crippen molar-refractivity contribution >= 4 is 20.9 Å². The van der Waals surface area contributed by atoms with Gasteiger partial charge in [-0.25, -0.2) is 13.1 Å².